The average Bonchev–Trinajstić information content (AvgIpc) is 2.69. The molecule has 2 aromatic rings. The molecule has 2 nitrogen and oxygen atoms in total. The largest absolute Gasteiger partial charge is 0.392 e. The molecule has 0 aromatic heterocycles. The van der Waals surface area contributed by atoms with Crippen molar-refractivity contribution in [2.24, 2.45) is 0 Å². The zero-order valence-corrected chi connectivity index (χ0v) is 11.0. The third-order valence-corrected chi connectivity index (χ3v) is 4.66. The van der Waals surface area contributed by atoms with E-state index in [1.165, 1.54) is 22.3 Å². The Labute approximate surface area is 113 Å². The molecule has 2 heterocycles. The predicted octanol–water partition coefficient (Wildman–Crippen LogP) is 2.64. The van der Waals surface area contributed by atoms with Crippen LogP contribution in [0.4, 0.5) is 0 Å². The molecule has 0 fully saturated rings. The molecular weight excluding hydrogens is 234 g/mol. The fourth-order valence-electron chi connectivity index (χ4n) is 3.73. The molecule has 96 valence electrons. The summed E-state index contributed by atoms with van der Waals surface area (Å²) in [5.74, 6) is 0. The maximum atomic E-state index is 9.37. The summed E-state index contributed by atoms with van der Waals surface area (Å²) in [5.41, 5.74) is 6.41. The molecule has 0 unspecified atom stereocenters. The molecule has 2 bridgehead atoms. The quantitative estimate of drug-likeness (QED) is 0.816. The van der Waals surface area contributed by atoms with Gasteiger partial charge in [0, 0.05) is 6.04 Å². The highest BCUT2D eigenvalue weighted by molar-refractivity contribution is 5.55. The molecule has 0 saturated carbocycles. The second kappa shape index (κ2) is 3.69. The van der Waals surface area contributed by atoms with Gasteiger partial charge in [0.05, 0.1) is 12.1 Å². The second-order valence-electron chi connectivity index (χ2n) is 5.76. The van der Waals surface area contributed by atoms with E-state index in [2.05, 4.69) is 48.6 Å². The van der Waals surface area contributed by atoms with Crippen LogP contribution in [-0.4, -0.2) is 5.11 Å². The van der Waals surface area contributed by atoms with Gasteiger partial charge in [-0.15, -0.1) is 0 Å². The number of rotatable bonds is 1. The first-order valence-electron chi connectivity index (χ1n) is 6.82. The van der Waals surface area contributed by atoms with Crippen molar-refractivity contribution in [1.82, 2.24) is 5.32 Å². The van der Waals surface area contributed by atoms with Gasteiger partial charge in [-0.05, 0) is 41.2 Å². The first-order valence-corrected chi connectivity index (χ1v) is 6.82. The zero-order valence-electron chi connectivity index (χ0n) is 11.0. The number of hydrogen-bond donors (Lipinski definition) is 2. The van der Waals surface area contributed by atoms with Crippen LogP contribution in [-0.2, 0) is 18.6 Å². The lowest BCUT2D eigenvalue weighted by Gasteiger charge is -2.35. The predicted molar refractivity (Wildman–Crippen MR) is 74.8 cm³/mol. The first-order chi connectivity index (χ1) is 9.22. The molecule has 2 aliphatic rings. The minimum absolute atomic E-state index is 0.106. The summed E-state index contributed by atoms with van der Waals surface area (Å²) in [6.45, 7) is 2.36. The Balaban J connectivity index is 1.98. The number of benzene rings is 2. The van der Waals surface area contributed by atoms with Crippen LogP contribution >= 0.6 is 0 Å². The highest BCUT2D eigenvalue weighted by Gasteiger charge is 2.45. The fourth-order valence-corrected chi connectivity index (χ4v) is 3.73. The van der Waals surface area contributed by atoms with Crippen molar-refractivity contribution in [3.63, 3.8) is 0 Å². The van der Waals surface area contributed by atoms with E-state index in [0.29, 0.717) is 6.04 Å². The number of aliphatic hydroxyl groups excluding tert-OH is 1. The lowest BCUT2D eigenvalue weighted by molar-refractivity contribution is 0.281. The number of nitrogens with one attached hydrogen (secondary N) is 1. The molecule has 0 radical (unpaired) electrons. The molecule has 4 rings (SSSR count). The van der Waals surface area contributed by atoms with Gasteiger partial charge >= 0.3 is 0 Å². The van der Waals surface area contributed by atoms with E-state index in [4.69, 9.17) is 0 Å². The second-order valence-corrected chi connectivity index (χ2v) is 5.76. The molecular formula is C17H17NO. The summed E-state index contributed by atoms with van der Waals surface area (Å²) < 4.78 is 0. The maximum absolute atomic E-state index is 9.37. The van der Waals surface area contributed by atoms with E-state index >= 15 is 0 Å². The van der Waals surface area contributed by atoms with Crippen molar-refractivity contribution in [3.05, 3.63) is 70.3 Å². The molecule has 2 heteroatoms. The Morgan fingerprint density at radius 2 is 2.05 bits per heavy atom. The third-order valence-electron chi connectivity index (χ3n) is 4.66. The third kappa shape index (κ3) is 1.38. The standard InChI is InChI=1S/C17H17NO/c1-17-14-5-3-2-4-13(14)16(18-17)9-12-7-6-11(10-19)8-15(12)17/h2-8,16,18-19H,9-10H2,1H3/t16-,17-/m0/s1. The average molecular weight is 251 g/mol. The molecule has 0 spiro atoms. The molecule has 0 aliphatic carbocycles. The van der Waals surface area contributed by atoms with Gasteiger partial charge < -0.3 is 5.11 Å². The number of fused-ring (bicyclic) bond motifs is 7. The number of hydrogen-bond acceptors (Lipinski definition) is 2. The normalized spacial score (nSPS) is 26.9. The van der Waals surface area contributed by atoms with Gasteiger partial charge in [0.1, 0.15) is 0 Å². The smallest absolute Gasteiger partial charge is 0.0681 e. The van der Waals surface area contributed by atoms with Crippen LogP contribution in [0, 0.1) is 0 Å². The van der Waals surface area contributed by atoms with E-state index < -0.39 is 0 Å². The fraction of sp³-hybridized carbons (Fsp3) is 0.294. The highest BCUT2D eigenvalue weighted by atomic mass is 16.3. The van der Waals surface area contributed by atoms with Crippen LogP contribution in [0.25, 0.3) is 0 Å². The summed E-state index contributed by atoms with van der Waals surface area (Å²) >= 11 is 0. The van der Waals surface area contributed by atoms with Crippen molar-refractivity contribution >= 4 is 0 Å². The summed E-state index contributed by atoms with van der Waals surface area (Å²) in [4.78, 5) is 0. The molecule has 2 aromatic carbocycles. The SMILES string of the molecule is C[C@@]12N[C@@H](Cc3ccc(CO)cc31)c1ccccc12. The van der Waals surface area contributed by atoms with Crippen molar-refractivity contribution in [2.45, 2.75) is 31.5 Å². The van der Waals surface area contributed by atoms with E-state index in [-0.39, 0.29) is 12.1 Å². The van der Waals surface area contributed by atoms with Gasteiger partial charge in [-0.1, -0.05) is 42.5 Å². The Hall–Kier alpha value is -1.64. The van der Waals surface area contributed by atoms with Crippen molar-refractivity contribution in [3.8, 4) is 0 Å². The minimum Gasteiger partial charge on any atom is -0.392 e. The first kappa shape index (κ1) is 11.2. The van der Waals surface area contributed by atoms with Gasteiger partial charge in [0.25, 0.3) is 0 Å². The Kier molecular flexibility index (Phi) is 2.17. The number of aliphatic hydroxyl groups is 1. The van der Waals surface area contributed by atoms with Crippen LogP contribution < -0.4 is 5.32 Å². The summed E-state index contributed by atoms with van der Waals surface area (Å²) in [6.07, 6.45) is 1.04. The van der Waals surface area contributed by atoms with E-state index in [1.807, 2.05) is 6.07 Å². The van der Waals surface area contributed by atoms with E-state index in [0.717, 1.165) is 12.0 Å². The Morgan fingerprint density at radius 3 is 2.89 bits per heavy atom. The van der Waals surface area contributed by atoms with Crippen LogP contribution in [0.3, 0.4) is 0 Å². The molecule has 0 amide bonds. The molecule has 2 aliphatic heterocycles. The lowest BCUT2D eigenvalue weighted by atomic mass is 9.81. The van der Waals surface area contributed by atoms with Gasteiger partial charge in [0.2, 0.25) is 0 Å². The lowest BCUT2D eigenvalue weighted by Crippen LogP contribution is -2.41. The Morgan fingerprint density at radius 1 is 1.21 bits per heavy atom. The van der Waals surface area contributed by atoms with Crippen LogP contribution in [0.1, 0.15) is 40.8 Å². The van der Waals surface area contributed by atoms with Crippen LogP contribution in [0.2, 0.25) is 0 Å². The molecule has 2 N–H and O–H groups in total. The van der Waals surface area contributed by atoms with Gasteiger partial charge in [0.15, 0.2) is 0 Å². The van der Waals surface area contributed by atoms with Gasteiger partial charge in [-0.3, -0.25) is 5.32 Å². The van der Waals surface area contributed by atoms with E-state index in [9.17, 15) is 5.11 Å². The van der Waals surface area contributed by atoms with Crippen molar-refractivity contribution in [1.29, 1.82) is 0 Å². The zero-order chi connectivity index (χ0) is 13.0. The van der Waals surface area contributed by atoms with Crippen molar-refractivity contribution < 1.29 is 5.11 Å². The summed E-state index contributed by atoms with van der Waals surface area (Å²) in [5, 5.41) is 13.1. The van der Waals surface area contributed by atoms with Gasteiger partial charge in [-0.2, -0.15) is 0 Å². The Bertz CT molecular complexity index is 664. The van der Waals surface area contributed by atoms with E-state index in [1.54, 1.807) is 0 Å². The van der Waals surface area contributed by atoms with Crippen LogP contribution in [0.5, 0.6) is 0 Å². The minimum atomic E-state index is -0.111. The maximum Gasteiger partial charge on any atom is 0.0681 e. The van der Waals surface area contributed by atoms with Crippen molar-refractivity contribution in [2.75, 3.05) is 0 Å². The van der Waals surface area contributed by atoms with Gasteiger partial charge in [-0.25, -0.2) is 0 Å². The summed E-state index contributed by atoms with van der Waals surface area (Å²) in [7, 11) is 0. The monoisotopic (exact) mass is 251 g/mol. The highest BCUT2D eigenvalue weighted by Crippen LogP contribution is 2.48. The summed E-state index contributed by atoms with van der Waals surface area (Å²) in [6, 6.07) is 15.5. The molecule has 19 heavy (non-hydrogen) atoms. The topological polar surface area (TPSA) is 32.3 Å². The molecule has 2 atom stereocenters. The van der Waals surface area contributed by atoms with Crippen LogP contribution in [0.15, 0.2) is 42.5 Å². The molecule has 0 saturated heterocycles.